The lowest BCUT2D eigenvalue weighted by molar-refractivity contribution is -0.126. The molecule has 3 atom stereocenters. The molecule has 0 saturated carbocycles. The van der Waals surface area contributed by atoms with Crippen LogP contribution in [0.5, 0.6) is 0 Å². The van der Waals surface area contributed by atoms with Crippen LogP contribution in [0.15, 0.2) is 60.8 Å². The van der Waals surface area contributed by atoms with Gasteiger partial charge < -0.3 is 25.7 Å². The summed E-state index contributed by atoms with van der Waals surface area (Å²) in [6.07, 6.45) is 3.66. The number of para-hydroxylation sites is 1. The molecule has 4 N–H and O–H groups in total. The highest BCUT2D eigenvalue weighted by molar-refractivity contribution is 5.89. The normalized spacial score (nSPS) is 13.7. The van der Waals surface area contributed by atoms with Gasteiger partial charge in [-0.3, -0.25) is 4.79 Å². The van der Waals surface area contributed by atoms with E-state index >= 15 is 0 Å². The molecule has 0 unspecified atom stereocenters. The highest BCUT2D eigenvalue weighted by atomic mass is 16.2. The zero-order valence-electron chi connectivity index (χ0n) is 18.4. The van der Waals surface area contributed by atoms with Crippen LogP contribution in [0.25, 0.3) is 10.9 Å². The molecule has 0 bridgehead atoms. The Labute approximate surface area is 188 Å². The molecule has 0 aliphatic heterocycles. The van der Waals surface area contributed by atoms with Gasteiger partial charge in [0.15, 0.2) is 0 Å². The molecule has 0 spiro atoms. The molecule has 3 rings (SSSR count). The van der Waals surface area contributed by atoms with Crippen LogP contribution in [0.3, 0.4) is 0 Å². The van der Waals surface area contributed by atoms with Crippen LogP contribution in [0.4, 0.5) is 4.79 Å². The molecule has 0 aliphatic rings. The fourth-order valence-corrected chi connectivity index (χ4v) is 3.62. The predicted octanol–water partition coefficient (Wildman–Crippen LogP) is 3.31. The van der Waals surface area contributed by atoms with Gasteiger partial charge in [0.25, 0.3) is 0 Å². The monoisotopic (exact) mass is 434 g/mol. The number of H-pyrrole nitrogens is 1. The van der Waals surface area contributed by atoms with E-state index in [4.69, 9.17) is 0 Å². The van der Waals surface area contributed by atoms with Crippen molar-refractivity contribution < 1.29 is 14.4 Å². The number of urea groups is 1. The number of nitrogens with one attached hydrogen (secondary N) is 4. The Morgan fingerprint density at radius 3 is 2.47 bits per heavy atom. The summed E-state index contributed by atoms with van der Waals surface area (Å²) < 4.78 is 0. The molecular formula is C25H30N4O3. The topological polar surface area (TPSA) is 103 Å². The second kappa shape index (κ2) is 11.1. The number of carbonyl (C=O) groups is 3. The van der Waals surface area contributed by atoms with Crippen LogP contribution in [-0.4, -0.2) is 35.3 Å². The van der Waals surface area contributed by atoms with Crippen LogP contribution < -0.4 is 16.0 Å². The first-order chi connectivity index (χ1) is 15.5. The smallest absolute Gasteiger partial charge is 0.315 e. The summed E-state index contributed by atoms with van der Waals surface area (Å²) in [5.74, 6) is -0.469. The summed E-state index contributed by atoms with van der Waals surface area (Å²) in [5, 5.41) is 9.37. The third-order valence-corrected chi connectivity index (χ3v) is 5.68. The number of amides is 3. The average molecular weight is 435 g/mol. The first-order valence-electron chi connectivity index (χ1n) is 10.9. The maximum absolute atomic E-state index is 13.0. The zero-order chi connectivity index (χ0) is 22.9. The van der Waals surface area contributed by atoms with Gasteiger partial charge in [-0.2, -0.15) is 0 Å². The third-order valence-electron chi connectivity index (χ3n) is 5.68. The number of rotatable bonds is 10. The molecule has 0 saturated heterocycles. The highest BCUT2D eigenvalue weighted by Crippen LogP contribution is 2.19. The van der Waals surface area contributed by atoms with Gasteiger partial charge in [0.2, 0.25) is 5.91 Å². The Morgan fingerprint density at radius 1 is 1.03 bits per heavy atom. The van der Waals surface area contributed by atoms with Crippen molar-refractivity contribution in [1.29, 1.82) is 0 Å². The van der Waals surface area contributed by atoms with Crippen molar-refractivity contribution in [2.75, 3.05) is 0 Å². The van der Waals surface area contributed by atoms with Crippen LogP contribution in [0.2, 0.25) is 0 Å². The number of carbonyl (C=O) groups excluding carboxylic acids is 3. The number of aromatic nitrogens is 1. The standard InChI is InChI=1S/C25H30N4O3/c1-3-17(2)23(29-25(32)27-14-18-9-5-4-6-10-18)24(31)28-20(16-30)13-19-15-26-22-12-8-7-11-21(19)22/h4-12,15-17,20,23,26H,3,13-14H2,1-2H3,(H,28,31)(H2,27,29,32)/t17-,20+,23+/m1/s1. The first kappa shape index (κ1) is 23.1. The van der Waals surface area contributed by atoms with E-state index in [0.717, 1.165) is 28.3 Å². The third kappa shape index (κ3) is 5.97. The summed E-state index contributed by atoms with van der Waals surface area (Å²) in [5.41, 5.74) is 2.89. The molecule has 2 aromatic carbocycles. The Kier molecular flexibility index (Phi) is 8.02. The van der Waals surface area contributed by atoms with Gasteiger partial charge >= 0.3 is 6.03 Å². The molecule has 3 amide bonds. The Bertz CT molecular complexity index is 1050. The summed E-state index contributed by atoms with van der Waals surface area (Å²) in [6, 6.07) is 15.5. The molecule has 7 heteroatoms. The minimum Gasteiger partial charge on any atom is -0.361 e. The van der Waals surface area contributed by atoms with Gasteiger partial charge in [-0.1, -0.05) is 68.8 Å². The van der Waals surface area contributed by atoms with Crippen molar-refractivity contribution >= 4 is 29.1 Å². The first-order valence-corrected chi connectivity index (χ1v) is 10.9. The largest absolute Gasteiger partial charge is 0.361 e. The molecule has 0 fully saturated rings. The minimum atomic E-state index is -0.749. The number of hydrogen-bond donors (Lipinski definition) is 4. The van der Waals surface area contributed by atoms with Gasteiger partial charge in [-0.15, -0.1) is 0 Å². The summed E-state index contributed by atoms with van der Waals surface area (Å²) in [4.78, 5) is 40.3. The fraction of sp³-hybridized carbons (Fsp3) is 0.320. The summed E-state index contributed by atoms with van der Waals surface area (Å²) in [6.45, 7) is 4.22. The summed E-state index contributed by atoms with van der Waals surface area (Å²) >= 11 is 0. The lowest BCUT2D eigenvalue weighted by Gasteiger charge is -2.25. The summed E-state index contributed by atoms with van der Waals surface area (Å²) in [7, 11) is 0. The minimum absolute atomic E-state index is 0.0992. The van der Waals surface area contributed by atoms with Crippen LogP contribution >= 0.6 is 0 Å². The number of fused-ring (bicyclic) bond motifs is 1. The predicted molar refractivity (Wildman–Crippen MR) is 125 cm³/mol. The number of aldehydes is 1. The molecule has 0 aliphatic carbocycles. The maximum Gasteiger partial charge on any atom is 0.315 e. The van der Waals surface area contributed by atoms with Crippen molar-refractivity contribution in [1.82, 2.24) is 20.9 Å². The number of hydrogen-bond acceptors (Lipinski definition) is 3. The number of benzene rings is 2. The van der Waals surface area contributed by atoms with E-state index in [9.17, 15) is 14.4 Å². The Balaban J connectivity index is 1.62. The molecule has 3 aromatic rings. The fourth-order valence-electron chi connectivity index (χ4n) is 3.62. The maximum atomic E-state index is 13.0. The van der Waals surface area contributed by atoms with Crippen molar-refractivity contribution in [2.45, 2.75) is 45.3 Å². The van der Waals surface area contributed by atoms with Gasteiger partial charge in [0.1, 0.15) is 12.3 Å². The SMILES string of the molecule is CC[C@@H](C)[C@H](NC(=O)NCc1ccccc1)C(=O)N[C@H](C=O)Cc1c[nH]c2ccccc12. The van der Waals surface area contributed by atoms with Crippen molar-refractivity contribution in [2.24, 2.45) is 5.92 Å². The zero-order valence-corrected chi connectivity index (χ0v) is 18.4. The average Bonchev–Trinajstić information content (AvgIpc) is 3.23. The van der Waals surface area contributed by atoms with Gasteiger partial charge in [-0.05, 0) is 23.1 Å². The molecule has 1 heterocycles. The second-order valence-corrected chi connectivity index (χ2v) is 7.99. The number of aromatic amines is 1. The molecule has 168 valence electrons. The van der Waals surface area contributed by atoms with Gasteiger partial charge in [0, 0.05) is 30.1 Å². The van der Waals surface area contributed by atoms with E-state index in [-0.39, 0.29) is 11.8 Å². The second-order valence-electron chi connectivity index (χ2n) is 7.99. The molecule has 32 heavy (non-hydrogen) atoms. The highest BCUT2D eigenvalue weighted by Gasteiger charge is 2.28. The Hall–Kier alpha value is -3.61. The van der Waals surface area contributed by atoms with Crippen molar-refractivity contribution in [3.63, 3.8) is 0 Å². The lowest BCUT2D eigenvalue weighted by Crippen LogP contribution is -2.55. The van der Waals surface area contributed by atoms with E-state index in [1.54, 1.807) is 0 Å². The van der Waals surface area contributed by atoms with E-state index in [0.29, 0.717) is 19.4 Å². The molecular weight excluding hydrogens is 404 g/mol. The van der Waals surface area contributed by atoms with E-state index in [1.165, 1.54) is 0 Å². The van der Waals surface area contributed by atoms with E-state index < -0.39 is 18.1 Å². The van der Waals surface area contributed by atoms with Crippen LogP contribution in [-0.2, 0) is 22.6 Å². The Morgan fingerprint density at radius 2 is 1.75 bits per heavy atom. The van der Waals surface area contributed by atoms with Gasteiger partial charge in [-0.25, -0.2) is 4.79 Å². The molecule has 1 aromatic heterocycles. The van der Waals surface area contributed by atoms with Crippen molar-refractivity contribution in [3.8, 4) is 0 Å². The molecule has 0 radical (unpaired) electrons. The quantitative estimate of drug-likeness (QED) is 0.368. The van der Waals surface area contributed by atoms with Crippen LogP contribution in [0, 0.1) is 5.92 Å². The van der Waals surface area contributed by atoms with E-state index in [2.05, 4.69) is 20.9 Å². The van der Waals surface area contributed by atoms with E-state index in [1.807, 2.05) is 74.6 Å². The lowest BCUT2D eigenvalue weighted by atomic mass is 9.97. The van der Waals surface area contributed by atoms with Gasteiger partial charge in [0.05, 0.1) is 6.04 Å². The molecule has 7 nitrogen and oxygen atoms in total. The van der Waals surface area contributed by atoms with Crippen molar-refractivity contribution in [3.05, 3.63) is 71.9 Å². The van der Waals surface area contributed by atoms with Crippen LogP contribution in [0.1, 0.15) is 31.4 Å².